The van der Waals surface area contributed by atoms with Crippen LogP contribution in [0.3, 0.4) is 0 Å². The first-order valence-electron chi connectivity index (χ1n) is 10.8. The molecule has 0 aliphatic heterocycles. The standard InChI is InChI=1S/C22H40N2/c1-14(23)18-7-8-19-17-6-5-15-13-16(24-4)9-11-21(15,2)20(17)10-12-22(18,19)3/h14-20,24H,5-13,23H2,1-4H3. The van der Waals surface area contributed by atoms with Crippen molar-refractivity contribution in [2.24, 2.45) is 46.2 Å². The summed E-state index contributed by atoms with van der Waals surface area (Å²) in [7, 11) is 2.16. The minimum absolute atomic E-state index is 0.384. The van der Waals surface area contributed by atoms with E-state index in [1.165, 1.54) is 57.8 Å². The number of nitrogens with one attached hydrogen (secondary N) is 1. The van der Waals surface area contributed by atoms with Gasteiger partial charge in [-0.2, -0.15) is 0 Å². The first kappa shape index (κ1) is 17.3. The van der Waals surface area contributed by atoms with Crippen LogP contribution < -0.4 is 11.1 Å². The fraction of sp³-hybridized carbons (Fsp3) is 1.00. The van der Waals surface area contributed by atoms with Crippen molar-refractivity contribution in [1.29, 1.82) is 0 Å². The highest BCUT2D eigenvalue weighted by molar-refractivity contribution is 5.10. The minimum atomic E-state index is 0.384. The largest absolute Gasteiger partial charge is 0.328 e. The van der Waals surface area contributed by atoms with Crippen LogP contribution >= 0.6 is 0 Å². The second kappa shape index (κ2) is 5.98. The lowest BCUT2D eigenvalue weighted by atomic mass is 9.44. The molecule has 4 rings (SSSR count). The molecule has 0 saturated heterocycles. The van der Waals surface area contributed by atoms with Gasteiger partial charge < -0.3 is 11.1 Å². The number of hydrogen-bond acceptors (Lipinski definition) is 2. The maximum atomic E-state index is 6.41. The Balaban J connectivity index is 1.58. The van der Waals surface area contributed by atoms with Gasteiger partial charge in [-0.15, -0.1) is 0 Å². The van der Waals surface area contributed by atoms with Crippen LogP contribution in [0.2, 0.25) is 0 Å². The first-order valence-corrected chi connectivity index (χ1v) is 10.8. The van der Waals surface area contributed by atoms with Crippen molar-refractivity contribution in [1.82, 2.24) is 5.32 Å². The Morgan fingerprint density at radius 3 is 2.33 bits per heavy atom. The number of rotatable bonds is 2. The highest BCUT2D eigenvalue weighted by Gasteiger charge is 2.60. The maximum absolute atomic E-state index is 6.41. The van der Waals surface area contributed by atoms with Crippen LogP contribution in [0, 0.1) is 40.4 Å². The van der Waals surface area contributed by atoms with E-state index in [2.05, 4.69) is 33.1 Å². The lowest BCUT2D eigenvalue weighted by Gasteiger charge is -2.61. The molecule has 0 aromatic carbocycles. The van der Waals surface area contributed by atoms with Crippen LogP contribution in [-0.4, -0.2) is 19.1 Å². The molecule has 0 aromatic rings. The summed E-state index contributed by atoms with van der Waals surface area (Å²) in [5.41, 5.74) is 7.59. The Labute approximate surface area is 149 Å². The fourth-order valence-electron chi connectivity index (χ4n) is 8.42. The minimum Gasteiger partial charge on any atom is -0.328 e. The number of fused-ring (bicyclic) bond motifs is 5. The van der Waals surface area contributed by atoms with E-state index in [0.717, 1.165) is 35.6 Å². The third-order valence-electron chi connectivity index (χ3n) is 9.78. The third kappa shape index (κ3) is 2.35. The number of hydrogen-bond donors (Lipinski definition) is 2. The summed E-state index contributed by atoms with van der Waals surface area (Å²) in [5, 5.41) is 3.57. The molecule has 2 heteroatoms. The SMILES string of the molecule is CNC1CCC2(C)C(CCC3C2CCC2(C)C(C(C)N)CCC32)C1. The van der Waals surface area contributed by atoms with Crippen molar-refractivity contribution in [2.45, 2.75) is 90.6 Å². The average Bonchev–Trinajstić information content (AvgIpc) is 2.91. The van der Waals surface area contributed by atoms with Crippen LogP contribution in [0.25, 0.3) is 0 Å². The molecule has 4 saturated carbocycles. The van der Waals surface area contributed by atoms with Gasteiger partial charge >= 0.3 is 0 Å². The Morgan fingerprint density at radius 1 is 0.917 bits per heavy atom. The van der Waals surface area contributed by atoms with Crippen LogP contribution in [0.5, 0.6) is 0 Å². The molecule has 3 N–H and O–H groups in total. The van der Waals surface area contributed by atoms with Crippen molar-refractivity contribution in [3.63, 3.8) is 0 Å². The van der Waals surface area contributed by atoms with E-state index in [1.54, 1.807) is 0 Å². The number of nitrogens with two attached hydrogens (primary N) is 1. The predicted octanol–water partition coefficient (Wildman–Crippen LogP) is 4.58. The summed E-state index contributed by atoms with van der Waals surface area (Å²) in [6.07, 6.45) is 13.1. The van der Waals surface area contributed by atoms with Gasteiger partial charge in [-0.1, -0.05) is 13.8 Å². The summed E-state index contributed by atoms with van der Waals surface area (Å²) >= 11 is 0. The van der Waals surface area contributed by atoms with E-state index in [-0.39, 0.29) is 0 Å². The van der Waals surface area contributed by atoms with Gasteiger partial charge in [0.2, 0.25) is 0 Å². The molecule has 4 aliphatic carbocycles. The molecule has 0 bridgehead atoms. The van der Waals surface area contributed by atoms with Crippen molar-refractivity contribution in [3.8, 4) is 0 Å². The summed E-state index contributed by atoms with van der Waals surface area (Å²) in [4.78, 5) is 0. The topological polar surface area (TPSA) is 38.0 Å². The molecule has 0 radical (unpaired) electrons. The van der Waals surface area contributed by atoms with Gasteiger partial charge in [-0.3, -0.25) is 0 Å². The lowest BCUT2D eigenvalue weighted by Crippen LogP contribution is -2.55. The molecular weight excluding hydrogens is 292 g/mol. The third-order valence-corrected chi connectivity index (χ3v) is 9.78. The maximum Gasteiger partial charge on any atom is 0.00671 e. The van der Waals surface area contributed by atoms with Crippen molar-refractivity contribution in [2.75, 3.05) is 7.05 Å². The van der Waals surface area contributed by atoms with Gasteiger partial charge in [0.25, 0.3) is 0 Å². The molecule has 9 unspecified atom stereocenters. The average molecular weight is 333 g/mol. The Morgan fingerprint density at radius 2 is 1.62 bits per heavy atom. The molecule has 0 spiro atoms. The molecule has 0 aromatic heterocycles. The van der Waals surface area contributed by atoms with Crippen LogP contribution in [0.15, 0.2) is 0 Å². The highest BCUT2D eigenvalue weighted by Crippen LogP contribution is 2.67. The van der Waals surface area contributed by atoms with Gasteiger partial charge in [0.1, 0.15) is 0 Å². The zero-order valence-corrected chi connectivity index (χ0v) is 16.5. The second-order valence-electron chi connectivity index (χ2n) is 10.5. The van der Waals surface area contributed by atoms with Crippen LogP contribution in [0.4, 0.5) is 0 Å². The fourth-order valence-corrected chi connectivity index (χ4v) is 8.42. The smallest absolute Gasteiger partial charge is 0.00671 e. The second-order valence-corrected chi connectivity index (χ2v) is 10.5. The Bertz CT molecular complexity index is 475. The monoisotopic (exact) mass is 332 g/mol. The van der Waals surface area contributed by atoms with E-state index in [9.17, 15) is 0 Å². The summed E-state index contributed by atoms with van der Waals surface area (Å²) < 4.78 is 0. The molecule has 24 heavy (non-hydrogen) atoms. The first-order chi connectivity index (χ1) is 11.4. The molecule has 4 fully saturated rings. The molecule has 4 aliphatic rings. The van der Waals surface area contributed by atoms with E-state index >= 15 is 0 Å². The summed E-state index contributed by atoms with van der Waals surface area (Å²) in [6, 6.07) is 1.16. The van der Waals surface area contributed by atoms with Gasteiger partial charge in [-0.05, 0) is 112 Å². The Kier molecular flexibility index (Phi) is 4.32. The predicted molar refractivity (Wildman–Crippen MR) is 102 cm³/mol. The zero-order chi connectivity index (χ0) is 17.1. The highest BCUT2D eigenvalue weighted by atomic mass is 14.9. The molecule has 9 atom stereocenters. The molecule has 0 heterocycles. The van der Waals surface area contributed by atoms with Gasteiger partial charge in [0, 0.05) is 12.1 Å². The molecule has 0 amide bonds. The Hall–Kier alpha value is -0.0800. The van der Waals surface area contributed by atoms with E-state index in [4.69, 9.17) is 5.73 Å². The van der Waals surface area contributed by atoms with Gasteiger partial charge in [0.05, 0.1) is 0 Å². The van der Waals surface area contributed by atoms with Crippen molar-refractivity contribution < 1.29 is 0 Å². The summed E-state index contributed by atoms with van der Waals surface area (Å²) in [6.45, 7) is 7.56. The quantitative estimate of drug-likeness (QED) is 0.777. The normalized spacial score (nSPS) is 55.4. The van der Waals surface area contributed by atoms with Crippen LogP contribution in [0.1, 0.15) is 78.6 Å². The zero-order valence-electron chi connectivity index (χ0n) is 16.5. The van der Waals surface area contributed by atoms with Crippen molar-refractivity contribution >= 4 is 0 Å². The van der Waals surface area contributed by atoms with Gasteiger partial charge in [-0.25, -0.2) is 0 Å². The lowest BCUT2D eigenvalue weighted by molar-refractivity contribution is -0.115. The van der Waals surface area contributed by atoms with E-state index in [0.29, 0.717) is 16.9 Å². The molecule has 138 valence electrons. The molecule has 2 nitrogen and oxygen atoms in total. The van der Waals surface area contributed by atoms with E-state index in [1.807, 2.05) is 0 Å². The van der Waals surface area contributed by atoms with Crippen molar-refractivity contribution in [3.05, 3.63) is 0 Å². The summed E-state index contributed by atoms with van der Waals surface area (Å²) in [5.74, 6) is 4.71. The van der Waals surface area contributed by atoms with Gasteiger partial charge in [0.15, 0.2) is 0 Å². The van der Waals surface area contributed by atoms with Crippen LogP contribution in [-0.2, 0) is 0 Å². The molecular formula is C22H40N2. The van der Waals surface area contributed by atoms with E-state index < -0.39 is 0 Å².